The second-order valence-electron chi connectivity index (χ2n) is 3.02. The van der Waals surface area contributed by atoms with Crippen LogP contribution in [-0.4, -0.2) is 15.9 Å². The number of nitrogens with two attached hydrogens (primary N) is 1. The highest BCUT2D eigenvalue weighted by Crippen LogP contribution is 2.14. The largest absolute Gasteiger partial charge is 0.367 e. The summed E-state index contributed by atoms with van der Waals surface area (Å²) in [5, 5.41) is 4.06. The lowest BCUT2D eigenvalue weighted by molar-refractivity contribution is 0.519. The van der Waals surface area contributed by atoms with Crippen LogP contribution in [0.4, 0.5) is 11.1 Å². The van der Waals surface area contributed by atoms with Crippen molar-refractivity contribution in [2.24, 2.45) is 5.92 Å². The first-order valence-electron chi connectivity index (χ1n) is 4.59. The van der Waals surface area contributed by atoms with Gasteiger partial charge in [-0.15, -0.1) is 0 Å². The van der Waals surface area contributed by atoms with Gasteiger partial charge in [0.25, 0.3) is 0 Å². The third-order valence-corrected chi connectivity index (χ3v) is 2.83. The van der Waals surface area contributed by atoms with Gasteiger partial charge >= 0.3 is 0 Å². The quantitative estimate of drug-likeness (QED) is 0.762. The molecule has 0 spiro atoms. The molecular weight excluding hydrogens is 184 g/mol. The highest BCUT2D eigenvalue weighted by molar-refractivity contribution is 7.09. The lowest BCUT2D eigenvalue weighted by Crippen LogP contribution is -2.12. The molecule has 0 fully saturated rings. The van der Waals surface area contributed by atoms with E-state index in [4.69, 9.17) is 5.73 Å². The van der Waals surface area contributed by atoms with Gasteiger partial charge in [-0.25, -0.2) is 0 Å². The van der Waals surface area contributed by atoms with Crippen molar-refractivity contribution in [1.82, 2.24) is 9.36 Å². The van der Waals surface area contributed by atoms with Crippen LogP contribution in [0.3, 0.4) is 0 Å². The summed E-state index contributed by atoms with van der Waals surface area (Å²) in [6.45, 7) is 5.36. The van der Waals surface area contributed by atoms with Gasteiger partial charge in [-0.05, 0) is 5.92 Å². The average molecular weight is 200 g/mol. The maximum absolute atomic E-state index is 5.40. The predicted octanol–water partition coefficient (Wildman–Crippen LogP) is 1.97. The van der Waals surface area contributed by atoms with E-state index in [1.54, 1.807) is 0 Å². The summed E-state index contributed by atoms with van der Waals surface area (Å²) >= 11 is 1.32. The fourth-order valence-electron chi connectivity index (χ4n) is 1.12. The molecule has 13 heavy (non-hydrogen) atoms. The summed E-state index contributed by atoms with van der Waals surface area (Å²) in [6.07, 6.45) is 2.38. The molecule has 0 aromatic carbocycles. The number of aromatic nitrogens is 2. The summed E-state index contributed by atoms with van der Waals surface area (Å²) in [7, 11) is 0. The number of hydrogen-bond donors (Lipinski definition) is 2. The van der Waals surface area contributed by atoms with E-state index in [0.717, 1.165) is 11.7 Å². The summed E-state index contributed by atoms with van der Waals surface area (Å²) in [5.74, 6) is 1.07. The van der Waals surface area contributed by atoms with Crippen molar-refractivity contribution in [2.45, 2.75) is 26.7 Å². The minimum absolute atomic E-state index is 0.358. The Balaban J connectivity index is 2.33. The van der Waals surface area contributed by atoms with Gasteiger partial charge in [0.05, 0.1) is 0 Å². The Hall–Kier alpha value is -0.840. The monoisotopic (exact) mass is 200 g/mol. The van der Waals surface area contributed by atoms with E-state index in [0.29, 0.717) is 11.9 Å². The molecule has 0 aliphatic rings. The smallest absolute Gasteiger partial charge is 0.233 e. The van der Waals surface area contributed by atoms with Crippen LogP contribution in [0.2, 0.25) is 0 Å². The van der Waals surface area contributed by atoms with Crippen LogP contribution in [0.1, 0.15) is 26.7 Å². The van der Waals surface area contributed by atoms with E-state index in [1.165, 1.54) is 24.4 Å². The summed E-state index contributed by atoms with van der Waals surface area (Å²) < 4.78 is 3.89. The number of anilines is 2. The highest BCUT2D eigenvalue weighted by atomic mass is 32.1. The molecule has 0 aliphatic heterocycles. The second-order valence-corrected chi connectivity index (χ2v) is 3.77. The average Bonchev–Trinajstić information content (AvgIpc) is 2.53. The molecule has 0 radical (unpaired) electrons. The second kappa shape index (κ2) is 5.01. The van der Waals surface area contributed by atoms with Gasteiger partial charge in [0.15, 0.2) is 0 Å². The maximum Gasteiger partial charge on any atom is 0.233 e. The van der Waals surface area contributed by atoms with Gasteiger partial charge in [0.2, 0.25) is 11.1 Å². The van der Waals surface area contributed by atoms with Crippen LogP contribution in [0, 0.1) is 5.92 Å². The van der Waals surface area contributed by atoms with E-state index in [1.807, 2.05) is 0 Å². The van der Waals surface area contributed by atoms with Crippen LogP contribution in [-0.2, 0) is 0 Å². The van der Waals surface area contributed by atoms with Gasteiger partial charge in [-0.2, -0.15) is 9.36 Å². The van der Waals surface area contributed by atoms with Crippen molar-refractivity contribution in [3.63, 3.8) is 0 Å². The van der Waals surface area contributed by atoms with Crippen molar-refractivity contribution in [1.29, 1.82) is 0 Å². The zero-order valence-corrected chi connectivity index (χ0v) is 8.90. The molecule has 0 saturated heterocycles. The van der Waals surface area contributed by atoms with E-state index < -0.39 is 0 Å². The Bertz CT molecular complexity index is 244. The first-order valence-corrected chi connectivity index (χ1v) is 5.36. The van der Waals surface area contributed by atoms with Gasteiger partial charge < -0.3 is 11.1 Å². The standard InChI is InChI=1S/C8H16N4S/c1-3-6(4-2)5-10-8-11-7(9)12-13-8/h6H,3-5H2,1-2H3,(H3,9,10,11,12). The molecule has 1 rings (SSSR count). The molecule has 3 N–H and O–H groups in total. The number of nitrogens with zero attached hydrogens (tertiary/aromatic N) is 2. The highest BCUT2D eigenvalue weighted by Gasteiger charge is 2.04. The van der Waals surface area contributed by atoms with Crippen molar-refractivity contribution < 1.29 is 0 Å². The number of hydrogen-bond acceptors (Lipinski definition) is 5. The Morgan fingerprint density at radius 2 is 2.15 bits per heavy atom. The molecule has 0 bridgehead atoms. The minimum Gasteiger partial charge on any atom is -0.367 e. The molecule has 1 heterocycles. The van der Waals surface area contributed by atoms with Crippen LogP contribution in [0.15, 0.2) is 0 Å². The topological polar surface area (TPSA) is 63.8 Å². The molecule has 0 atom stereocenters. The Kier molecular flexibility index (Phi) is 3.95. The molecular formula is C8H16N4S. The summed E-state index contributed by atoms with van der Waals surface area (Å²) in [5.41, 5.74) is 5.40. The molecule has 0 amide bonds. The minimum atomic E-state index is 0.358. The lowest BCUT2D eigenvalue weighted by Gasteiger charge is -2.11. The molecule has 74 valence electrons. The molecule has 1 aromatic rings. The number of nitrogen functional groups attached to an aromatic ring is 1. The number of nitrogens with one attached hydrogen (secondary N) is 1. The first-order chi connectivity index (χ1) is 6.26. The van der Waals surface area contributed by atoms with E-state index in [9.17, 15) is 0 Å². The Morgan fingerprint density at radius 1 is 1.46 bits per heavy atom. The first kappa shape index (κ1) is 10.2. The Labute approximate surface area is 82.7 Å². The molecule has 0 saturated carbocycles. The van der Waals surface area contributed by atoms with Crippen LogP contribution < -0.4 is 11.1 Å². The Morgan fingerprint density at radius 3 is 2.62 bits per heavy atom. The van der Waals surface area contributed by atoms with Gasteiger partial charge in [0, 0.05) is 18.1 Å². The van der Waals surface area contributed by atoms with E-state index in [2.05, 4.69) is 28.5 Å². The predicted molar refractivity (Wildman–Crippen MR) is 56.9 cm³/mol. The van der Waals surface area contributed by atoms with Crippen LogP contribution >= 0.6 is 11.5 Å². The lowest BCUT2D eigenvalue weighted by atomic mass is 10.0. The molecule has 5 heteroatoms. The third-order valence-electron chi connectivity index (χ3n) is 2.14. The van der Waals surface area contributed by atoms with Crippen molar-refractivity contribution >= 4 is 22.6 Å². The SMILES string of the molecule is CCC(CC)CNc1nc(N)ns1. The van der Waals surface area contributed by atoms with Crippen LogP contribution in [0.5, 0.6) is 0 Å². The van der Waals surface area contributed by atoms with E-state index >= 15 is 0 Å². The summed E-state index contributed by atoms with van der Waals surface area (Å²) in [6, 6.07) is 0. The van der Waals surface area contributed by atoms with Gasteiger partial charge in [0.1, 0.15) is 0 Å². The third kappa shape index (κ3) is 3.18. The fraction of sp³-hybridized carbons (Fsp3) is 0.750. The zero-order chi connectivity index (χ0) is 9.68. The molecule has 4 nitrogen and oxygen atoms in total. The fourth-order valence-corrected chi connectivity index (χ4v) is 1.62. The molecule has 1 aromatic heterocycles. The van der Waals surface area contributed by atoms with Crippen LogP contribution in [0.25, 0.3) is 0 Å². The van der Waals surface area contributed by atoms with Crippen molar-refractivity contribution in [2.75, 3.05) is 17.6 Å². The van der Waals surface area contributed by atoms with Crippen molar-refractivity contribution in [3.8, 4) is 0 Å². The molecule has 0 aliphatic carbocycles. The normalized spacial score (nSPS) is 10.7. The number of rotatable bonds is 5. The summed E-state index contributed by atoms with van der Waals surface area (Å²) in [4.78, 5) is 4.03. The molecule has 0 unspecified atom stereocenters. The van der Waals surface area contributed by atoms with Gasteiger partial charge in [-0.3, -0.25) is 0 Å². The van der Waals surface area contributed by atoms with Crippen molar-refractivity contribution in [3.05, 3.63) is 0 Å². The maximum atomic E-state index is 5.40. The zero-order valence-electron chi connectivity index (χ0n) is 8.08. The van der Waals surface area contributed by atoms with Gasteiger partial charge in [-0.1, -0.05) is 26.7 Å². The van der Waals surface area contributed by atoms with E-state index in [-0.39, 0.29) is 0 Å².